The Morgan fingerprint density at radius 1 is 0.857 bits per heavy atom. The number of hydrogen-bond acceptors (Lipinski definition) is 2. The summed E-state index contributed by atoms with van der Waals surface area (Å²) < 4.78 is 5.87. The van der Waals surface area contributed by atoms with Crippen LogP contribution in [-0.2, 0) is 0 Å². The summed E-state index contributed by atoms with van der Waals surface area (Å²) in [5.41, 5.74) is 0.193. The molecular weight excluding hydrogens is 260 g/mol. The van der Waals surface area contributed by atoms with Crippen LogP contribution in [0.3, 0.4) is 0 Å². The summed E-state index contributed by atoms with van der Waals surface area (Å²) in [6.07, 6.45) is 0. The Hall–Kier alpha value is -1.83. The number of ketones is 1. The maximum atomic E-state index is 12.3. The Kier molecular flexibility index (Phi) is 3.83. The number of benzene rings is 2. The summed E-state index contributed by atoms with van der Waals surface area (Å²) in [7, 11) is 0. The lowest BCUT2D eigenvalue weighted by atomic mass is 9.86. The zero-order chi connectivity index (χ0) is 15.8. The second-order valence-electron chi connectivity index (χ2n) is 7.52. The fourth-order valence-corrected chi connectivity index (χ4v) is 2.22. The van der Waals surface area contributed by atoms with Crippen LogP contribution in [0.2, 0.25) is 0 Å². The number of Topliss-reactive ketones (excluding diaryl/α,β-unsaturated/α-hetero) is 1. The van der Waals surface area contributed by atoms with E-state index in [2.05, 4.69) is 0 Å². The van der Waals surface area contributed by atoms with E-state index in [1.54, 1.807) is 0 Å². The molecule has 0 aliphatic heterocycles. The van der Waals surface area contributed by atoms with Gasteiger partial charge in [0.2, 0.25) is 0 Å². The highest BCUT2D eigenvalue weighted by Crippen LogP contribution is 2.27. The lowest BCUT2D eigenvalue weighted by Gasteiger charge is -2.21. The van der Waals surface area contributed by atoms with Crippen molar-refractivity contribution >= 4 is 16.6 Å². The number of carbonyl (C=O) groups is 1. The molecule has 0 radical (unpaired) electrons. The molecule has 112 valence electrons. The summed E-state index contributed by atoms with van der Waals surface area (Å²) in [5, 5.41) is 2.15. The lowest BCUT2D eigenvalue weighted by Crippen LogP contribution is -2.22. The van der Waals surface area contributed by atoms with Crippen molar-refractivity contribution in [2.75, 3.05) is 0 Å². The summed E-state index contributed by atoms with van der Waals surface area (Å²) in [6.45, 7) is 11.9. The molecule has 0 aliphatic rings. The predicted octanol–water partition coefficient (Wildman–Crippen LogP) is 5.25. The van der Waals surface area contributed by atoms with Gasteiger partial charge in [0.15, 0.2) is 5.78 Å². The molecule has 0 saturated heterocycles. The Labute approximate surface area is 127 Å². The standard InChI is InChI=1S/C19H24O2/c1-18(2,3)17(20)15-8-7-14-12-16(21-19(4,5)6)10-9-13(14)11-15/h7-12H,1-6H3. The lowest BCUT2D eigenvalue weighted by molar-refractivity contribution is 0.0858. The molecule has 0 aliphatic carbocycles. The molecule has 2 aromatic rings. The minimum Gasteiger partial charge on any atom is -0.488 e. The first-order valence-corrected chi connectivity index (χ1v) is 7.34. The molecule has 2 rings (SSSR count). The van der Waals surface area contributed by atoms with Crippen molar-refractivity contribution in [3.8, 4) is 5.75 Å². The minimum absolute atomic E-state index is 0.166. The molecule has 21 heavy (non-hydrogen) atoms. The van der Waals surface area contributed by atoms with Gasteiger partial charge in [0.05, 0.1) is 0 Å². The van der Waals surface area contributed by atoms with Crippen molar-refractivity contribution in [1.82, 2.24) is 0 Å². The highest BCUT2D eigenvalue weighted by atomic mass is 16.5. The van der Waals surface area contributed by atoms with Crippen LogP contribution < -0.4 is 4.74 Å². The smallest absolute Gasteiger partial charge is 0.168 e. The second-order valence-corrected chi connectivity index (χ2v) is 7.52. The van der Waals surface area contributed by atoms with Crippen LogP contribution in [-0.4, -0.2) is 11.4 Å². The normalized spacial score (nSPS) is 12.5. The van der Waals surface area contributed by atoms with E-state index in [-0.39, 0.29) is 16.8 Å². The number of rotatable bonds is 2. The van der Waals surface area contributed by atoms with Crippen molar-refractivity contribution < 1.29 is 9.53 Å². The summed E-state index contributed by atoms with van der Waals surface area (Å²) in [5.74, 6) is 1.02. The Balaban J connectivity index is 2.38. The predicted molar refractivity (Wildman–Crippen MR) is 88.1 cm³/mol. The third-order valence-electron chi connectivity index (χ3n) is 3.18. The van der Waals surface area contributed by atoms with E-state index in [9.17, 15) is 4.79 Å². The van der Waals surface area contributed by atoms with E-state index in [0.717, 1.165) is 22.1 Å². The van der Waals surface area contributed by atoms with Gasteiger partial charge in [-0.3, -0.25) is 4.79 Å². The Morgan fingerprint density at radius 2 is 1.43 bits per heavy atom. The molecule has 0 N–H and O–H groups in total. The van der Waals surface area contributed by atoms with E-state index in [0.29, 0.717) is 0 Å². The number of hydrogen-bond donors (Lipinski definition) is 0. The average molecular weight is 284 g/mol. The molecule has 0 saturated carbocycles. The number of fused-ring (bicyclic) bond motifs is 1. The molecule has 2 aromatic carbocycles. The van der Waals surface area contributed by atoms with Crippen molar-refractivity contribution in [2.24, 2.45) is 5.41 Å². The van der Waals surface area contributed by atoms with Gasteiger partial charge >= 0.3 is 0 Å². The molecule has 0 atom stereocenters. The third-order valence-corrected chi connectivity index (χ3v) is 3.18. The molecule has 2 heteroatoms. The molecular formula is C19H24O2. The van der Waals surface area contributed by atoms with E-state index < -0.39 is 0 Å². The quantitative estimate of drug-likeness (QED) is 0.704. The van der Waals surface area contributed by atoms with Gasteiger partial charge < -0.3 is 4.74 Å². The topological polar surface area (TPSA) is 26.3 Å². The fraction of sp³-hybridized carbons (Fsp3) is 0.421. The first-order chi connectivity index (χ1) is 9.56. The fourth-order valence-electron chi connectivity index (χ4n) is 2.22. The molecule has 0 aromatic heterocycles. The molecule has 2 nitrogen and oxygen atoms in total. The number of carbonyl (C=O) groups excluding carboxylic acids is 1. The van der Waals surface area contributed by atoms with Crippen molar-refractivity contribution in [3.63, 3.8) is 0 Å². The molecule has 0 heterocycles. The zero-order valence-corrected chi connectivity index (χ0v) is 13.8. The Morgan fingerprint density at radius 3 is 2.00 bits per heavy atom. The monoisotopic (exact) mass is 284 g/mol. The van der Waals surface area contributed by atoms with Crippen molar-refractivity contribution in [2.45, 2.75) is 47.1 Å². The van der Waals surface area contributed by atoms with Gasteiger partial charge in [-0.2, -0.15) is 0 Å². The largest absolute Gasteiger partial charge is 0.488 e. The summed E-state index contributed by atoms with van der Waals surface area (Å²) in [4.78, 5) is 12.3. The highest BCUT2D eigenvalue weighted by molar-refractivity contribution is 6.02. The van der Waals surface area contributed by atoms with E-state index in [1.165, 1.54) is 0 Å². The van der Waals surface area contributed by atoms with Crippen molar-refractivity contribution in [3.05, 3.63) is 42.0 Å². The zero-order valence-electron chi connectivity index (χ0n) is 13.8. The molecule has 0 unspecified atom stereocenters. The van der Waals surface area contributed by atoms with E-state index in [4.69, 9.17) is 4.74 Å². The van der Waals surface area contributed by atoms with Gasteiger partial charge in [-0.1, -0.05) is 39.0 Å². The summed E-state index contributed by atoms with van der Waals surface area (Å²) in [6, 6.07) is 11.8. The van der Waals surface area contributed by atoms with Gasteiger partial charge in [0.1, 0.15) is 11.4 Å². The summed E-state index contributed by atoms with van der Waals surface area (Å²) >= 11 is 0. The Bertz CT molecular complexity index is 670. The second kappa shape index (κ2) is 5.18. The van der Waals surface area contributed by atoms with Crippen LogP contribution in [0.1, 0.15) is 51.9 Å². The first-order valence-electron chi connectivity index (χ1n) is 7.34. The van der Waals surface area contributed by atoms with Crippen molar-refractivity contribution in [1.29, 1.82) is 0 Å². The first kappa shape index (κ1) is 15.6. The van der Waals surface area contributed by atoms with Crippen LogP contribution in [0, 0.1) is 5.41 Å². The van der Waals surface area contributed by atoms with E-state index >= 15 is 0 Å². The molecule has 0 spiro atoms. The number of ether oxygens (including phenoxy) is 1. The minimum atomic E-state index is -0.358. The average Bonchev–Trinajstić information content (AvgIpc) is 2.34. The van der Waals surface area contributed by atoms with Gasteiger partial charge in [0.25, 0.3) is 0 Å². The SMILES string of the molecule is CC(C)(C)Oc1ccc2cc(C(=O)C(C)(C)C)ccc2c1. The van der Waals surface area contributed by atoms with Gasteiger partial charge in [-0.05, 0) is 49.7 Å². The van der Waals surface area contributed by atoms with Crippen LogP contribution in [0.5, 0.6) is 5.75 Å². The maximum Gasteiger partial charge on any atom is 0.168 e. The van der Waals surface area contributed by atoms with Crippen LogP contribution in [0.15, 0.2) is 36.4 Å². The van der Waals surface area contributed by atoms with E-state index in [1.807, 2.05) is 77.9 Å². The van der Waals surface area contributed by atoms with Gasteiger partial charge in [0, 0.05) is 11.0 Å². The third kappa shape index (κ3) is 3.84. The molecule has 0 fully saturated rings. The van der Waals surface area contributed by atoms with Gasteiger partial charge in [-0.25, -0.2) is 0 Å². The van der Waals surface area contributed by atoms with Gasteiger partial charge in [-0.15, -0.1) is 0 Å². The van der Waals surface area contributed by atoms with Crippen LogP contribution >= 0.6 is 0 Å². The molecule has 0 amide bonds. The maximum absolute atomic E-state index is 12.3. The highest BCUT2D eigenvalue weighted by Gasteiger charge is 2.22. The van der Waals surface area contributed by atoms with Crippen LogP contribution in [0.25, 0.3) is 10.8 Å². The van der Waals surface area contributed by atoms with Crippen LogP contribution in [0.4, 0.5) is 0 Å². The molecule has 0 bridgehead atoms.